The maximum atomic E-state index is 13.9. The number of carboxylic acids is 1. The predicted octanol–water partition coefficient (Wildman–Crippen LogP) is 3.42. The van der Waals surface area contributed by atoms with Gasteiger partial charge in [-0.15, -0.1) is 0 Å². The number of benzene rings is 2. The number of rotatable bonds is 7. The zero-order valence-electron chi connectivity index (χ0n) is 18.6. The van der Waals surface area contributed by atoms with Crippen LogP contribution >= 0.6 is 0 Å². The van der Waals surface area contributed by atoms with Crippen LogP contribution in [0.2, 0.25) is 0 Å². The Labute approximate surface area is 193 Å². The van der Waals surface area contributed by atoms with Gasteiger partial charge >= 0.3 is 5.97 Å². The second-order valence-corrected chi connectivity index (χ2v) is 10.0. The summed E-state index contributed by atoms with van der Waals surface area (Å²) in [5.41, 5.74) is 0.292. The summed E-state index contributed by atoms with van der Waals surface area (Å²) in [6.07, 6.45) is 5.05. The van der Waals surface area contributed by atoms with Crippen LogP contribution in [-0.2, 0) is 16.0 Å². The molecule has 2 amide bonds. The van der Waals surface area contributed by atoms with Crippen molar-refractivity contribution < 1.29 is 19.5 Å². The molecule has 6 heteroatoms. The number of carbonyl (C=O) groups is 3. The molecule has 6 nitrogen and oxygen atoms in total. The van der Waals surface area contributed by atoms with Gasteiger partial charge in [-0.05, 0) is 73.5 Å². The quantitative estimate of drug-likeness (QED) is 0.607. The molecule has 1 atom stereocenters. The molecule has 0 radical (unpaired) electrons. The summed E-state index contributed by atoms with van der Waals surface area (Å²) in [6, 6.07) is 17.2. The van der Waals surface area contributed by atoms with Crippen LogP contribution in [-0.4, -0.2) is 34.5 Å². The maximum Gasteiger partial charge on any atom is 0.326 e. The van der Waals surface area contributed by atoms with Crippen LogP contribution in [0.1, 0.15) is 48.0 Å². The number of aliphatic carboxylic acids is 1. The highest BCUT2D eigenvalue weighted by atomic mass is 16.4. The molecule has 0 saturated heterocycles. The van der Waals surface area contributed by atoms with E-state index in [1.807, 2.05) is 36.4 Å². The normalized spacial score (nSPS) is 30.4. The first kappa shape index (κ1) is 21.7. The molecule has 0 aromatic heterocycles. The zero-order valence-corrected chi connectivity index (χ0v) is 18.6. The molecule has 4 aliphatic rings. The van der Waals surface area contributed by atoms with E-state index in [4.69, 9.17) is 0 Å². The summed E-state index contributed by atoms with van der Waals surface area (Å²) in [4.78, 5) is 39.3. The Balaban J connectivity index is 1.44. The van der Waals surface area contributed by atoms with Crippen molar-refractivity contribution in [3.05, 3.63) is 71.8 Å². The third-order valence-corrected chi connectivity index (χ3v) is 8.04. The maximum absolute atomic E-state index is 13.9. The fourth-order valence-corrected chi connectivity index (χ4v) is 6.74. The summed E-state index contributed by atoms with van der Waals surface area (Å²) in [5, 5.41) is 15.9. The number of carboxylic acid groups (broad SMARTS) is 1. The van der Waals surface area contributed by atoms with Gasteiger partial charge in [-0.25, -0.2) is 4.79 Å². The van der Waals surface area contributed by atoms with Gasteiger partial charge in [0.2, 0.25) is 5.91 Å². The van der Waals surface area contributed by atoms with Crippen LogP contribution in [0.25, 0.3) is 0 Å². The third-order valence-electron chi connectivity index (χ3n) is 8.04. The topological polar surface area (TPSA) is 95.5 Å². The SMILES string of the molecule is O=C(NC1(C(=O)N[C@@H](Cc2ccccc2)C(=O)O)C2CC3CC(C2)CC1C3)c1ccccc1. The summed E-state index contributed by atoms with van der Waals surface area (Å²) in [6.45, 7) is 0. The number of hydrogen-bond acceptors (Lipinski definition) is 3. The first-order chi connectivity index (χ1) is 16.0. The average Bonchev–Trinajstić information content (AvgIpc) is 2.81. The van der Waals surface area contributed by atoms with E-state index >= 15 is 0 Å². The standard InChI is InChI=1S/C27H30N2O4/c30-24(20-9-5-2-6-10-20)29-27(21-12-18-11-19(14-21)15-22(27)13-18)26(33)28-23(25(31)32)16-17-7-3-1-4-8-17/h1-10,18-19,21-23H,11-16H2,(H,28,33)(H,29,30)(H,31,32)/t18?,19?,21?,22?,23-,27?/m0/s1. The van der Waals surface area contributed by atoms with Crippen LogP contribution in [0.15, 0.2) is 60.7 Å². The number of hydrogen-bond donors (Lipinski definition) is 3. The lowest BCUT2D eigenvalue weighted by atomic mass is 9.48. The van der Waals surface area contributed by atoms with E-state index in [1.54, 1.807) is 24.3 Å². The third kappa shape index (κ3) is 4.03. The van der Waals surface area contributed by atoms with Crippen molar-refractivity contribution in [2.24, 2.45) is 23.7 Å². The van der Waals surface area contributed by atoms with Gasteiger partial charge in [0, 0.05) is 12.0 Å². The van der Waals surface area contributed by atoms with Crippen molar-refractivity contribution in [3.8, 4) is 0 Å². The highest BCUT2D eigenvalue weighted by molar-refractivity contribution is 6.00. The van der Waals surface area contributed by atoms with Gasteiger partial charge in [0.25, 0.3) is 5.91 Å². The summed E-state index contributed by atoms with van der Waals surface area (Å²) < 4.78 is 0. The predicted molar refractivity (Wildman–Crippen MR) is 123 cm³/mol. The van der Waals surface area contributed by atoms with Crippen molar-refractivity contribution >= 4 is 17.8 Å². The molecule has 0 spiro atoms. The fourth-order valence-electron chi connectivity index (χ4n) is 6.74. The molecule has 3 N–H and O–H groups in total. The Morgan fingerprint density at radius 3 is 1.94 bits per heavy atom. The fraction of sp³-hybridized carbons (Fsp3) is 0.444. The van der Waals surface area contributed by atoms with E-state index in [2.05, 4.69) is 10.6 Å². The molecule has 6 rings (SSSR count). The Morgan fingerprint density at radius 2 is 1.39 bits per heavy atom. The summed E-state index contributed by atoms with van der Waals surface area (Å²) in [7, 11) is 0. The lowest BCUT2D eigenvalue weighted by Crippen LogP contribution is -2.73. The first-order valence-electron chi connectivity index (χ1n) is 11.9. The Kier molecular flexibility index (Phi) is 5.69. The molecule has 2 aromatic rings. The molecular weight excluding hydrogens is 416 g/mol. The molecule has 4 bridgehead atoms. The second kappa shape index (κ2) is 8.65. The van der Waals surface area contributed by atoms with E-state index in [0.717, 1.165) is 31.2 Å². The molecule has 0 heterocycles. The van der Waals surface area contributed by atoms with Gasteiger partial charge in [0.05, 0.1) is 0 Å². The van der Waals surface area contributed by atoms with E-state index < -0.39 is 17.6 Å². The Hall–Kier alpha value is -3.15. The van der Waals surface area contributed by atoms with Crippen LogP contribution in [0.3, 0.4) is 0 Å². The van der Waals surface area contributed by atoms with Gasteiger partial charge in [0.15, 0.2) is 0 Å². The molecule has 33 heavy (non-hydrogen) atoms. The van der Waals surface area contributed by atoms with E-state index in [-0.39, 0.29) is 30.1 Å². The minimum Gasteiger partial charge on any atom is -0.480 e. The lowest BCUT2D eigenvalue weighted by Gasteiger charge is -2.60. The zero-order chi connectivity index (χ0) is 23.0. The van der Waals surface area contributed by atoms with E-state index in [1.165, 1.54) is 6.42 Å². The average molecular weight is 447 g/mol. The smallest absolute Gasteiger partial charge is 0.326 e. The molecule has 4 fully saturated rings. The minimum atomic E-state index is -1.07. The van der Waals surface area contributed by atoms with Crippen molar-refractivity contribution in [3.63, 3.8) is 0 Å². The molecule has 4 saturated carbocycles. The first-order valence-corrected chi connectivity index (χ1v) is 11.9. The number of carbonyl (C=O) groups excluding carboxylic acids is 2. The second-order valence-electron chi connectivity index (χ2n) is 10.0. The van der Waals surface area contributed by atoms with Crippen LogP contribution in [0.5, 0.6) is 0 Å². The summed E-state index contributed by atoms with van der Waals surface area (Å²) in [5.74, 6) is -0.416. The van der Waals surface area contributed by atoms with Gasteiger partial charge in [-0.2, -0.15) is 0 Å². The van der Waals surface area contributed by atoms with E-state index in [9.17, 15) is 19.5 Å². The minimum absolute atomic E-state index is 0.0348. The van der Waals surface area contributed by atoms with Crippen LogP contribution < -0.4 is 10.6 Å². The molecular formula is C27H30N2O4. The molecule has 172 valence electrons. The number of amides is 2. The lowest BCUT2D eigenvalue weighted by molar-refractivity contribution is -0.151. The van der Waals surface area contributed by atoms with Crippen molar-refractivity contribution in [1.82, 2.24) is 10.6 Å². The van der Waals surface area contributed by atoms with Gasteiger partial charge in [0.1, 0.15) is 11.6 Å². The highest BCUT2D eigenvalue weighted by Gasteiger charge is 2.62. The van der Waals surface area contributed by atoms with Crippen LogP contribution in [0.4, 0.5) is 0 Å². The Morgan fingerprint density at radius 1 is 0.848 bits per heavy atom. The van der Waals surface area contributed by atoms with E-state index in [0.29, 0.717) is 17.4 Å². The molecule has 2 aromatic carbocycles. The highest BCUT2D eigenvalue weighted by Crippen LogP contribution is 2.58. The number of nitrogens with one attached hydrogen (secondary N) is 2. The van der Waals surface area contributed by atoms with Gasteiger partial charge in [-0.1, -0.05) is 48.5 Å². The van der Waals surface area contributed by atoms with Crippen molar-refractivity contribution in [2.45, 2.75) is 50.1 Å². The molecule has 0 aliphatic heterocycles. The van der Waals surface area contributed by atoms with Crippen molar-refractivity contribution in [2.75, 3.05) is 0 Å². The van der Waals surface area contributed by atoms with Gasteiger partial charge in [-0.3, -0.25) is 9.59 Å². The largest absolute Gasteiger partial charge is 0.480 e. The molecule has 4 aliphatic carbocycles. The van der Waals surface area contributed by atoms with Gasteiger partial charge < -0.3 is 15.7 Å². The monoisotopic (exact) mass is 446 g/mol. The van der Waals surface area contributed by atoms with Crippen LogP contribution in [0, 0.1) is 23.7 Å². The molecule has 0 unspecified atom stereocenters. The Bertz CT molecular complexity index is 1010. The van der Waals surface area contributed by atoms with Crippen molar-refractivity contribution in [1.29, 1.82) is 0 Å². The summed E-state index contributed by atoms with van der Waals surface area (Å²) >= 11 is 0.